The molecule has 3 N–H and O–H groups in total. The van der Waals surface area contributed by atoms with E-state index in [9.17, 15) is 18.3 Å². The highest BCUT2D eigenvalue weighted by Crippen LogP contribution is 2.31. The number of hydrogen-bond donors (Lipinski definition) is 2. The van der Waals surface area contributed by atoms with E-state index in [0.29, 0.717) is 16.7 Å². The summed E-state index contributed by atoms with van der Waals surface area (Å²) in [5.74, 6) is -0.635. The van der Waals surface area contributed by atoms with Crippen LogP contribution in [-0.2, 0) is 21.1 Å². The maximum atomic E-state index is 11.8. The van der Waals surface area contributed by atoms with Crippen LogP contribution in [0.15, 0.2) is 47.4 Å². The Balaban J connectivity index is 2.54. The van der Waals surface area contributed by atoms with Crippen molar-refractivity contribution in [1.29, 1.82) is 0 Å². The molecule has 0 atom stereocenters. The van der Waals surface area contributed by atoms with Gasteiger partial charge in [-0.2, -0.15) is 0 Å². The molecule has 0 unspecified atom stereocenters. The predicted octanol–water partition coefficient (Wildman–Crippen LogP) is 1.49. The number of carbonyl (C=O) groups is 1. The summed E-state index contributed by atoms with van der Waals surface area (Å²) in [7, 11) is -3.38. The minimum atomic E-state index is -3.38. The molecule has 110 valence electrons. The Kier molecular flexibility index (Phi) is 3.99. The molecule has 0 aliphatic rings. The summed E-state index contributed by atoms with van der Waals surface area (Å²) in [4.78, 5) is 11.1. The van der Waals surface area contributed by atoms with Crippen LogP contribution in [0.5, 0.6) is 5.75 Å². The molecule has 0 heterocycles. The Morgan fingerprint density at radius 3 is 2.43 bits per heavy atom. The maximum Gasteiger partial charge on any atom is 0.221 e. The number of sulfone groups is 1. The SMILES string of the molecule is CS(=O)(=O)c1ccccc1-c1ccc(CC(N)=O)c(O)c1. The minimum Gasteiger partial charge on any atom is -0.508 e. The van der Waals surface area contributed by atoms with Gasteiger partial charge in [0.15, 0.2) is 9.84 Å². The fourth-order valence-electron chi connectivity index (χ4n) is 2.10. The van der Waals surface area contributed by atoms with Gasteiger partial charge in [-0.3, -0.25) is 4.79 Å². The lowest BCUT2D eigenvalue weighted by Gasteiger charge is -2.10. The molecule has 6 heteroatoms. The van der Waals surface area contributed by atoms with Crippen LogP contribution in [0.1, 0.15) is 5.56 Å². The van der Waals surface area contributed by atoms with Crippen LogP contribution in [0.2, 0.25) is 0 Å². The molecule has 0 saturated carbocycles. The summed E-state index contributed by atoms with van der Waals surface area (Å²) in [5, 5.41) is 9.94. The second kappa shape index (κ2) is 5.57. The van der Waals surface area contributed by atoms with Crippen molar-refractivity contribution in [2.45, 2.75) is 11.3 Å². The van der Waals surface area contributed by atoms with Crippen LogP contribution in [0.3, 0.4) is 0 Å². The second-order valence-electron chi connectivity index (χ2n) is 4.75. The molecule has 1 amide bonds. The number of amides is 1. The second-order valence-corrected chi connectivity index (χ2v) is 6.74. The fourth-order valence-corrected chi connectivity index (χ4v) is 3.01. The number of rotatable bonds is 4. The Bertz CT molecular complexity index is 797. The van der Waals surface area contributed by atoms with E-state index in [0.717, 1.165) is 6.26 Å². The standard InChI is InChI=1S/C15H15NO4S/c1-21(19,20)14-5-3-2-4-12(14)10-6-7-11(9-15(16)18)13(17)8-10/h2-8,17H,9H2,1H3,(H2,16,18). The van der Waals surface area contributed by atoms with Gasteiger partial charge >= 0.3 is 0 Å². The Morgan fingerprint density at radius 2 is 1.86 bits per heavy atom. The van der Waals surface area contributed by atoms with Crippen LogP contribution in [0.4, 0.5) is 0 Å². The molecule has 2 aromatic rings. The molecule has 2 aromatic carbocycles. The average Bonchev–Trinajstić information content (AvgIpc) is 2.40. The molecule has 0 aromatic heterocycles. The number of benzene rings is 2. The quantitative estimate of drug-likeness (QED) is 0.894. The van der Waals surface area contributed by atoms with Crippen LogP contribution in [0, 0.1) is 0 Å². The Labute approximate surface area is 123 Å². The highest BCUT2D eigenvalue weighted by molar-refractivity contribution is 7.90. The zero-order valence-electron chi connectivity index (χ0n) is 11.4. The van der Waals surface area contributed by atoms with Crippen molar-refractivity contribution in [1.82, 2.24) is 0 Å². The van der Waals surface area contributed by atoms with E-state index in [2.05, 4.69) is 0 Å². The number of phenolic OH excluding ortho intramolecular Hbond substituents is 1. The highest BCUT2D eigenvalue weighted by atomic mass is 32.2. The molecular weight excluding hydrogens is 290 g/mol. The van der Waals surface area contributed by atoms with Gasteiger partial charge in [0.05, 0.1) is 11.3 Å². The first-order chi connectivity index (χ1) is 9.79. The minimum absolute atomic E-state index is 0.0696. The van der Waals surface area contributed by atoms with Crippen LogP contribution in [0.25, 0.3) is 11.1 Å². The fraction of sp³-hybridized carbons (Fsp3) is 0.133. The van der Waals surface area contributed by atoms with Crippen molar-refractivity contribution < 1.29 is 18.3 Å². The molecule has 2 rings (SSSR count). The van der Waals surface area contributed by atoms with Crippen molar-refractivity contribution in [2.24, 2.45) is 5.73 Å². The Morgan fingerprint density at radius 1 is 1.19 bits per heavy atom. The summed E-state index contributed by atoms with van der Waals surface area (Å²) < 4.78 is 23.6. The summed E-state index contributed by atoms with van der Waals surface area (Å²) in [6, 6.07) is 11.2. The van der Waals surface area contributed by atoms with Gasteiger partial charge in [0.25, 0.3) is 0 Å². The molecule has 0 radical (unpaired) electrons. The monoisotopic (exact) mass is 305 g/mol. The summed E-state index contributed by atoms with van der Waals surface area (Å²) in [5.41, 5.74) is 6.56. The van der Waals surface area contributed by atoms with Crippen molar-refractivity contribution in [3.05, 3.63) is 48.0 Å². The van der Waals surface area contributed by atoms with Gasteiger partial charge in [0.1, 0.15) is 5.75 Å². The van der Waals surface area contributed by atoms with Gasteiger partial charge in [0.2, 0.25) is 5.91 Å². The topological polar surface area (TPSA) is 97.5 Å². The van der Waals surface area contributed by atoms with E-state index in [4.69, 9.17) is 5.73 Å². The van der Waals surface area contributed by atoms with Gasteiger partial charge in [-0.25, -0.2) is 8.42 Å². The van der Waals surface area contributed by atoms with Crippen molar-refractivity contribution in [3.63, 3.8) is 0 Å². The Hall–Kier alpha value is -2.34. The first-order valence-corrected chi connectivity index (χ1v) is 8.08. The van der Waals surface area contributed by atoms with Crippen LogP contribution >= 0.6 is 0 Å². The molecule has 0 saturated heterocycles. The third-order valence-corrected chi connectivity index (χ3v) is 4.20. The van der Waals surface area contributed by atoms with E-state index in [1.165, 1.54) is 12.1 Å². The van der Waals surface area contributed by atoms with E-state index in [-0.39, 0.29) is 17.1 Å². The lowest BCUT2D eigenvalue weighted by molar-refractivity contribution is -0.117. The molecule has 0 fully saturated rings. The van der Waals surface area contributed by atoms with E-state index in [1.807, 2.05) is 0 Å². The van der Waals surface area contributed by atoms with Crippen molar-refractivity contribution in [2.75, 3.05) is 6.26 Å². The highest BCUT2D eigenvalue weighted by Gasteiger charge is 2.15. The zero-order chi connectivity index (χ0) is 15.6. The molecule has 5 nitrogen and oxygen atoms in total. The normalized spacial score (nSPS) is 11.3. The lowest BCUT2D eigenvalue weighted by Crippen LogP contribution is -2.13. The van der Waals surface area contributed by atoms with Gasteiger partial charge in [-0.1, -0.05) is 30.3 Å². The molecule has 0 aliphatic heterocycles. The molecule has 0 aliphatic carbocycles. The zero-order valence-corrected chi connectivity index (χ0v) is 12.2. The summed E-state index contributed by atoms with van der Waals surface area (Å²) in [6.07, 6.45) is 1.06. The first kappa shape index (κ1) is 15.1. The van der Waals surface area contributed by atoms with Gasteiger partial charge in [-0.05, 0) is 17.7 Å². The molecule has 0 bridgehead atoms. The molecule has 0 spiro atoms. The van der Waals surface area contributed by atoms with Crippen LogP contribution < -0.4 is 5.73 Å². The third kappa shape index (κ3) is 3.41. The summed E-state index contributed by atoms with van der Waals surface area (Å²) in [6.45, 7) is 0. The van der Waals surface area contributed by atoms with E-state index in [1.54, 1.807) is 30.3 Å². The largest absolute Gasteiger partial charge is 0.508 e. The smallest absolute Gasteiger partial charge is 0.221 e. The van der Waals surface area contributed by atoms with Gasteiger partial charge in [-0.15, -0.1) is 0 Å². The average molecular weight is 305 g/mol. The van der Waals surface area contributed by atoms with Crippen LogP contribution in [-0.4, -0.2) is 25.7 Å². The van der Waals surface area contributed by atoms with Crippen molar-refractivity contribution >= 4 is 15.7 Å². The first-order valence-electron chi connectivity index (χ1n) is 6.18. The third-order valence-electron chi connectivity index (χ3n) is 3.05. The van der Waals surface area contributed by atoms with Gasteiger partial charge in [0, 0.05) is 17.4 Å². The summed E-state index contributed by atoms with van der Waals surface area (Å²) >= 11 is 0. The van der Waals surface area contributed by atoms with Gasteiger partial charge < -0.3 is 10.8 Å². The predicted molar refractivity (Wildman–Crippen MR) is 79.6 cm³/mol. The van der Waals surface area contributed by atoms with Crippen molar-refractivity contribution in [3.8, 4) is 16.9 Å². The lowest BCUT2D eigenvalue weighted by atomic mass is 10.0. The number of nitrogens with two attached hydrogens (primary N) is 1. The number of aromatic hydroxyl groups is 1. The number of carbonyl (C=O) groups excluding carboxylic acids is 1. The number of phenols is 1. The van der Waals surface area contributed by atoms with E-state index < -0.39 is 15.7 Å². The number of primary amides is 1. The molecular formula is C15H15NO4S. The van der Waals surface area contributed by atoms with E-state index >= 15 is 0 Å². The number of hydrogen-bond acceptors (Lipinski definition) is 4. The maximum absolute atomic E-state index is 11.8. The molecule has 21 heavy (non-hydrogen) atoms.